The van der Waals surface area contributed by atoms with E-state index in [0.29, 0.717) is 5.92 Å². The van der Waals surface area contributed by atoms with Crippen LogP contribution in [-0.4, -0.2) is 24.5 Å². The third-order valence-corrected chi connectivity index (χ3v) is 5.15. The molecule has 1 aliphatic rings. The summed E-state index contributed by atoms with van der Waals surface area (Å²) in [5.74, 6) is 0.657. The van der Waals surface area contributed by atoms with E-state index in [2.05, 4.69) is 66.4 Å². The highest BCUT2D eigenvalue weighted by atomic mass is 15.1. The monoisotopic (exact) mass is 307 g/mol. The average Bonchev–Trinajstić information content (AvgIpc) is 2.63. The SMILES string of the molecule is CC(CCCN1CCCCC1)c1ccc(-c2ccccc2)cc1. The molecule has 0 aromatic heterocycles. The summed E-state index contributed by atoms with van der Waals surface area (Å²) in [6, 6.07) is 19.8. The van der Waals surface area contributed by atoms with Gasteiger partial charge in [0.15, 0.2) is 0 Å². The summed E-state index contributed by atoms with van der Waals surface area (Å²) >= 11 is 0. The molecule has 1 saturated heterocycles. The smallest absolute Gasteiger partial charge is 0.00185 e. The zero-order valence-corrected chi connectivity index (χ0v) is 14.4. The molecule has 2 aromatic carbocycles. The Morgan fingerprint density at radius 1 is 0.826 bits per heavy atom. The van der Waals surface area contributed by atoms with Crippen molar-refractivity contribution in [2.45, 2.75) is 44.9 Å². The van der Waals surface area contributed by atoms with E-state index in [1.807, 2.05) is 0 Å². The minimum Gasteiger partial charge on any atom is -0.303 e. The predicted molar refractivity (Wildman–Crippen MR) is 99.8 cm³/mol. The van der Waals surface area contributed by atoms with Crippen LogP contribution in [0.5, 0.6) is 0 Å². The first-order valence-electron chi connectivity index (χ1n) is 9.21. The van der Waals surface area contributed by atoms with Crippen LogP contribution in [-0.2, 0) is 0 Å². The fourth-order valence-corrected chi connectivity index (χ4v) is 3.61. The van der Waals surface area contributed by atoms with Crippen molar-refractivity contribution in [2.24, 2.45) is 0 Å². The Bertz CT molecular complexity index is 567. The van der Waals surface area contributed by atoms with Crippen LogP contribution in [0, 0.1) is 0 Å². The van der Waals surface area contributed by atoms with Gasteiger partial charge in [0.05, 0.1) is 0 Å². The Kier molecular flexibility index (Phi) is 5.87. The molecule has 1 heterocycles. The first kappa shape index (κ1) is 16.3. The van der Waals surface area contributed by atoms with Crippen molar-refractivity contribution in [1.82, 2.24) is 4.90 Å². The van der Waals surface area contributed by atoms with Crippen LogP contribution >= 0.6 is 0 Å². The number of piperidine rings is 1. The van der Waals surface area contributed by atoms with E-state index >= 15 is 0 Å². The third kappa shape index (κ3) is 4.68. The quantitative estimate of drug-likeness (QED) is 0.659. The van der Waals surface area contributed by atoms with Gasteiger partial charge in [-0.2, -0.15) is 0 Å². The maximum Gasteiger partial charge on any atom is -0.00185 e. The lowest BCUT2D eigenvalue weighted by molar-refractivity contribution is 0.223. The van der Waals surface area contributed by atoms with Crippen molar-refractivity contribution in [1.29, 1.82) is 0 Å². The first-order valence-corrected chi connectivity index (χ1v) is 9.21. The molecule has 0 N–H and O–H groups in total. The Morgan fingerprint density at radius 2 is 1.48 bits per heavy atom. The minimum absolute atomic E-state index is 0.657. The van der Waals surface area contributed by atoms with Crippen molar-refractivity contribution in [3.63, 3.8) is 0 Å². The Balaban J connectivity index is 1.50. The van der Waals surface area contributed by atoms with Gasteiger partial charge in [-0.05, 0) is 67.9 Å². The van der Waals surface area contributed by atoms with Gasteiger partial charge in [0.2, 0.25) is 0 Å². The second-order valence-electron chi connectivity index (χ2n) is 6.93. The van der Waals surface area contributed by atoms with Gasteiger partial charge in [0.1, 0.15) is 0 Å². The predicted octanol–water partition coefficient (Wildman–Crippen LogP) is 5.72. The Labute approximate surface area is 141 Å². The van der Waals surface area contributed by atoms with E-state index in [1.54, 1.807) is 0 Å². The summed E-state index contributed by atoms with van der Waals surface area (Å²) in [7, 11) is 0. The van der Waals surface area contributed by atoms with Crippen molar-refractivity contribution in [3.05, 3.63) is 60.2 Å². The number of rotatable bonds is 6. The van der Waals surface area contributed by atoms with Crippen LogP contribution < -0.4 is 0 Å². The maximum atomic E-state index is 2.65. The molecule has 1 atom stereocenters. The highest BCUT2D eigenvalue weighted by Crippen LogP contribution is 2.25. The molecule has 122 valence electrons. The molecule has 0 aliphatic carbocycles. The molecule has 0 radical (unpaired) electrons. The highest BCUT2D eigenvalue weighted by Gasteiger charge is 2.11. The zero-order valence-electron chi connectivity index (χ0n) is 14.4. The summed E-state index contributed by atoms with van der Waals surface area (Å²) in [5.41, 5.74) is 4.09. The second kappa shape index (κ2) is 8.31. The summed E-state index contributed by atoms with van der Waals surface area (Å²) in [4.78, 5) is 2.65. The van der Waals surface area contributed by atoms with E-state index in [9.17, 15) is 0 Å². The molecule has 0 spiro atoms. The second-order valence-corrected chi connectivity index (χ2v) is 6.93. The molecule has 1 unspecified atom stereocenters. The van der Waals surface area contributed by atoms with Gasteiger partial charge < -0.3 is 4.90 Å². The molecule has 1 heteroatoms. The lowest BCUT2D eigenvalue weighted by Crippen LogP contribution is -2.30. The van der Waals surface area contributed by atoms with Gasteiger partial charge in [-0.3, -0.25) is 0 Å². The first-order chi connectivity index (χ1) is 11.3. The molecule has 0 saturated carbocycles. The van der Waals surface area contributed by atoms with Gasteiger partial charge in [0, 0.05) is 0 Å². The van der Waals surface area contributed by atoms with E-state index in [4.69, 9.17) is 0 Å². The standard InChI is InChI=1S/C22H29N/c1-19(9-8-18-23-16-6-3-7-17-23)20-12-14-22(15-13-20)21-10-4-2-5-11-21/h2,4-5,10-15,19H,3,6-9,16-18H2,1H3. The molecule has 1 nitrogen and oxygen atoms in total. The molecule has 2 aromatic rings. The average molecular weight is 307 g/mol. The van der Waals surface area contributed by atoms with Gasteiger partial charge in [-0.15, -0.1) is 0 Å². The molecule has 0 amide bonds. The van der Waals surface area contributed by atoms with Crippen molar-refractivity contribution in [3.8, 4) is 11.1 Å². The summed E-state index contributed by atoms with van der Waals surface area (Å²) in [5, 5.41) is 0. The van der Waals surface area contributed by atoms with E-state index in [-0.39, 0.29) is 0 Å². The fraction of sp³-hybridized carbons (Fsp3) is 0.455. The van der Waals surface area contributed by atoms with Crippen LogP contribution in [0.4, 0.5) is 0 Å². The Hall–Kier alpha value is -1.60. The molecular formula is C22H29N. The highest BCUT2D eigenvalue weighted by molar-refractivity contribution is 5.63. The Morgan fingerprint density at radius 3 is 2.17 bits per heavy atom. The van der Waals surface area contributed by atoms with E-state index in [1.165, 1.54) is 68.4 Å². The summed E-state index contributed by atoms with van der Waals surface area (Å²) in [6.45, 7) is 6.29. The van der Waals surface area contributed by atoms with Gasteiger partial charge >= 0.3 is 0 Å². The van der Waals surface area contributed by atoms with Crippen LogP contribution in [0.15, 0.2) is 54.6 Å². The summed E-state index contributed by atoms with van der Waals surface area (Å²) in [6.07, 6.45) is 6.84. The molecule has 3 rings (SSSR count). The van der Waals surface area contributed by atoms with Crippen LogP contribution in [0.25, 0.3) is 11.1 Å². The van der Waals surface area contributed by atoms with Gasteiger partial charge in [-0.25, -0.2) is 0 Å². The third-order valence-electron chi connectivity index (χ3n) is 5.15. The van der Waals surface area contributed by atoms with Crippen molar-refractivity contribution >= 4 is 0 Å². The van der Waals surface area contributed by atoms with Crippen LogP contribution in [0.2, 0.25) is 0 Å². The molecule has 1 aliphatic heterocycles. The molecular weight excluding hydrogens is 278 g/mol. The van der Waals surface area contributed by atoms with E-state index in [0.717, 1.165) is 0 Å². The lowest BCUT2D eigenvalue weighted by atomic mass is 9.94. The van der Waals surface area contributed by atoms with Crippen molar-refractivity contribution in [2.75, 3.05) is 19.6 Å². The van der Waals surface area contributed by atoms with Crippen molar-refractivity contribution < 1.29 is 0 Å². The topological polar surface area (TPSA) is 3.24 Å². The molecule has 1 fully saturated rings. The molecule has 23 heavy (non-hydrogen) atoms. The largest absolute Gasteiger partial charge is 0.303 e. The van der Waals surface area contributed by atoms with Crippen LogP contribution in [0.3, 0.4) is 0 Å². The summed E-state index contributed by atoms with van der Waals surface area (Å²) < 4.78 is 0. The minimum atomic E-state index is 0.657. The van der Waals surface area contributed by atoms with Gasteiger partial charge in [-0.1, -0.05) is 67.9 Å². The maximum absolute atomic E-state index is 2.65. The number of nitrogens with zero attached hydrogens (tertiary/aromatic N) is 1. The number of likely N-dealkylation sites (tertiary alicyclic amines) is 1. The van der Waals surface area contributed by atoms with E-state index < -0.39 is 0 Å². The normalized spacial score (nSPS) is 17.1. The van der Waals surface area contributed by atoms with Crippen LogP contribution in [0.1, 0.15) is 50.5 Å². The fourth-order valence-electron chi connectivity index (χ4n) is 3.61. The number of hydrogen-bond acceptors (Lipinski definition) is 1. The zero-order chi connectivity index (χ0) is 15.9. The molecule has 0 bridgehead atoms. The number of benzene rings is 2. The lowest BCUT2D eigenvalue weighted by Gasteiger charge is -2.26. The van der Waals surface area contributed by atoms with Gasteiger partial charge in [0.25, 0.3) is 0 Å². The number of hydrogen-bond donors (Lipinski definition) is 0.